The number of imidazole rings is 1. The van der Waals surface area contributed by atoms with E-state index in [4.69, 9.17) is 4.99 Å². The second kappa shape index (κ2) is 9.94. The predicted octanol–water partition coefficient (Wildman–Crippen LogP) is 2.55. The van der Waals surface area contributed by atoms with Crippen LogP contribution in [0.5, 0.6) is 0 Å². The van der Waals surface area contributed by atoms with Crippen molar-refractivity contribution in [3.8, 4) is 0 Å². The third kappa shape index (κ3) is 5.21. The number of rotatable bonds is 5. The highest BCUT2D eigenvalue weighted by atomic mass is 127. The summed E-state index contributed by atoms with van der Waals surface area (Å²) >= 11 is 0. The van der Waals surface area contributed by atoms with Gasteiger partial charge in [-0.3, -0.25) is 9.67 Å². The smallest absolute Gasteiger partial charge is 0.194 e. The molecule has 3 rings (SSSR count). The predicted molar refractivity (Wildman–Crippen MR) is 115 cm³/mol. The average Bonchev–Trinajstić information content (AvgIpc) is 3.26. The quantitative estimate of drug-likeness (QED) is 0.414. The summed E-state index contributed by atoms with van der Waals surface area (Å²) in [6, 6.07) is 0.439. The Balaban J connectivity index is 0.00000243. The Morgan fingerprint density at radius 2 is 2.27 bits per heavy atom. The molecule has 1 aliphatic rings. The molecular weight excluding hydrogens is 441 g/mol. The van der Waals surface area contributed by atoms with Crippen LogP contribution in [-0.4, -0.2) is 56.4 Å². The van der Waals surface area contributed by atoms with Gasteiger partial charge < -0.3 is 14.8 Å². The van der Waals surface area contributed by atoms with Crippen LogP contribution in [0.2, 0.25) is 0 Å². The number of aromatic nitrogens is 4. The van der Waals surface area contributed by atoms with Crippen molar-refractivity contribution in [3.05, 3.63) is 36.7 Å². The van der Waals surface area contributed by atoms with E-state index in [1.807, 2.05) is 23.4 Å². The molecule has 1 saturated heterocycles. The number of guanidine groups is 1. The molecular formula is C18H30IN7. The number of likely N-dealkylation sites (tertiary alicyclic amines) is 1. The molecule has 2 unspecified atom stereocenters. The molecule has 7 nitrogen and oxygen atoms in total. The van der Waals surface area contributed by atoms with E-state index in [0.717, 1.165) is 45.1 Å². The molecule has 3 heterocycles. The standard InChI is InChI=1S/C18H29N7.HI/c1-4-20-18(21-7-10-25-12-15(2)11-22-25)23-8-5-16(3)17(13-23)24-9-6-19-14-24;/h6,9,11-12,14,16-17H,4-5,7-8,10,13H2,1-3H3,(H,20,21);1H. The molecule has 144 valence electrons. The maximum atomic E-state index is 4.83. The molecule has 2 atom stereocenters. The molecule has 2 aromatic heterocycles. The van der Waals surface area contributed by atoms with Gasteiger partial charge in [0.05, 0.1) is 31.7 Å². The largest absolute Gasteiger partial charge is 0.357 e. The van der Waals surface area contributed by atoms with Crippen LogP contribution in [-0.2, 0) is 6.54 Å². The topological polar surface area (TPSA) is 63.3 Å². The van der Waals surface area contributed by atoms with Gasteiger partial charge in [-0.2, -0.15) is 5.10 Å². The van der Waals surface area contributed by atoms with Crippen LogP contribution >= 0.6 is 24.0 Å². The van der Waals surface area contributed by atoms with Gasteiger partial charge in [0, 0.05) is 38.2 Å². The zero-order valence-electron chi connectivity index (χ0n) is 15.9. The van der Waals surface area contributed by atoms with E-state index in [-0.39, 0.29) is 24.0 Å². The number of aryl methyl sites for hydroxylation is 1. The Morgan fingerprint density at radius 3 is 2.92 bits per heavy atom. The second-order valence-corrected chi connectivity index (χ2v) is 6.81. The lowest BCUT2D eigenvalue weighted by Gasteiger charge is -2.39. The summed E-state index contributed by atoms with van der Waals surface area (Å²) < 4.78 is 4.18. The number of piperidine rings is 1. The third-order valence-corrected chi connectivity index (χ3v) is 4.81. The van der Waals surface area contributed by atoms with Gasteiger partial charge in [-0.05, 0) is 31.7 Å². The normalized spacial score (nSPS) is 20.7. The first-order valence-corrected chi connectivity index (χ1v) is 9.17. The first-order chi connectivity index (χ1) is 12.2. The van der Waals surface area contributed by atoms with Gasteiger partial charge >= 0.3 is 0 Å². The molecule has 1 fully saturated rings. The van der Waals surface area contributed by atoms with Crippen molar-refractivity contribution >= 4 is 29.9 Å². The Labute approximate surface area is 172 Å². The van der Waals surface area contributed by atoms with Crippen molar-refractivity contribution in [2.45, 2.75) is 39.8 Å². The van der Waals surface area contributed by atoms with Crippen molar-refractivity contribution in [1.29, 1.82) is 0 Å². The number of hydrogen-bond acceptors (Lipinski definition) is 3. The van der Waals surface area contributed by atoms with Crippen molar-refractivity contribution in [3.63, 3.8) is 0 Å². The summed E-state index contributed by atoms with van der Waals surface area (Å²) in [6.45, 7) is 10.9. The molecule has 1 aliphatic heterocycles. The Morgan fingerprint density at radius 1 is 1.42 bits per heavy atom. The minimum absolute atomic E-state index is 0. The van der Waals surface area contributed by atoms with Gasteiger partial charge in [0.25, 0.3) is 0 Å². The zero-order valence-corrected chi connectivity index (χ0v) is 18.2. The van der Waals surface area contributed by atoms with Gasteiger partial charge in [0.2, 0.25) is 0 Å². The molecule has 0 amide bonds. The van der Waals surface area contributed by atoms with E-state index in [1.54, 1.807) is 0 Å². The van der Waals surface area contributed by atoms with Gasteiger partial charge in [0.1, 0.15) is 0 Å². The molecule has 0 aliphatic carbocycles. The van der Waals surface area contributed by atoms with Crippen LogP contribution in [0.3, 0.4) is 0 Å². The van der Waals surface area contributed by atoms with E-state index in [1.165, 1.54) is 5.56 Å². The summed E-state index contributed by atoms with van der Waals surface area (Å²) in [6.07, 6.45) is 10.9. The van der Waals surface area contributed by atoms with Crippen LogP contribution in [0.4, 0.5) is 0 Å². The van der Waals surface area contributed by atoms with Crippen molar-refractivity contribution in [2.24, 2.45) is 10.9 Å². The first-order valence-electron chi connectivity index (χ1n) is 9.17. The lowest BCUT2D eigenvalue weighted by Crippen LogP contribution is -2.49. The summed E-state index contributed by atoms with van der Waals surface area (Å²) in [5.41, 5.74) is 1.18. The SMILES string of the molecule is CCNC(=NCCn1cc(C)cn1)N1CCC(C)C(n2ccnc2)C1.I. The maximum absolute atomic E-state index is 4.83. The Hall–Kier alpha value is -1.58. The summed E-state index contributed by atoms with van der Waals surface area (Å²) in [4.78, 5) is 11.4. The van der Waals surface area contributed by atoms with Gasteiger partial charge in [-0.15, -0.1) is 24.0 Å². The molecule has 0 saturated carbocycles. The van der Waals surface area contributed by atoms with E-state index in [0.29, 0.717) is 12.0 Å². The number of aliphatic imine (C=N–C) groups is 1. The molecule has 0 bridgehead atoms. The Kier molecular flexibility index (Phi) is 7.92. The number of nitrogens with zero attached hydrogens (tertiary/aromatic N) is 6. The van der Waals surface area contributed by atoms with Crippen molar-refractivity contribution in [2.75, 3.05) is 26.2 Å². The van der Waals surface area contributed by atoms with Gasteiger partial charge in [0.15, 0.2) is 5.96 Å². The number of hydrogen-bond donors (Lipinski definition) is 1. The number of nitrogens with one attached hydrogen (secondary N) is 1. The first kappa shape index (κ1) is 20.7. The van der Waals surface area contributed by atoms with Crippen molar-refractivity contribution < 1.29 is 0 Å². The second-order valence-electron chi connectivity index (χ2n) is 6.81. The molecule has 2 aromatic rings. The highest BCUT2D eigenvalue weighted by molar-refractivity contribution is 14.0. The molecule has 0 radical (unpaired) electrons. The minimum atomic E-state index is 0. The highest BCUT2D eigenvalue weighted by Crippen LogP contribution is 2.27. The van der Waals surface area contributed by atoms with Gasteiger partial charge in [-0.1, -0.05) is 6.92 Å². The lowest BCUT2D eigenvalue weighted by molar-refractivity contribution is 0.189. The van der Waals surface area contributed by atoms with E-state index >= 15 is 0 Å². The van der Waals surface area contributed by atoms with Crippen LogP contribution in [0.25, 0.3) is 0 Å². The molecule has 0 aromatic carbocycles. The molecule has 0 spiro atoms. The molecule has 26 heavy (non-hydrogen) atoms. The molecule has 8 heteroatoms. The summed E-state index contributed by atoms with van der Waals surface area (Å²) in [5.74, 6) is 1.64. The fraction of sp³-hybridized carbons (Fsp3) is 0.611. The monoisotopic (exact) mass is 471 g/mol. The Bertz CT molecular complexity index is 680. The van der Waals surface area contributed by atoms with Crippen LogP contribution < -0.4 is 5.32 Å². The van der Waals surface area contributed by atoms with E-state index < -0.39 is 0 Å². The average molecular weight is 471 g/mol. The fourth-order valence-electron chi connectivity index (χ4n) is 3.37. The zero-order chi connectivity index (χ0) is 17.6. The minimum Gasteiger partial charge on any atom is -0.357 e. The maximum Gasteiger partial charge on any atom is 0.194 e. The van der Waals surface area contributed by atoms with Crippen molar-refractivity contribution in [1.82, 2.24) is 29.5 Å². The van der Waals surface area contributed by atoms with E-state index in [2.05, 4.69) is 58.0 Å². The van der Waals surface area contributed by atoms with Crippen LogP contribution in [0, 0.1) is 12.8 Å². The fourth-order valence-corrected chi connectivity index (χ4v) is 3.37. The summed E-state index contributed by atoms with van der Waals surface area (Å²) in [7, 11) is 0. The van der Waals surface area contributed by atoms with Crippen LogP contribution in [0.15, 0.2) is 36.1 Å². The third-order valence-electron chi connectivity index (χ3n) is 4.81. The van der Waals surface area contributed by atoms with E-state index in [9.17, 15) is 0 Å². The lowest BCUT2D eigenvalue weighted by atomic mass is 9.93. The highest BCUT2D eigenvalue weighted by Gasteiger charge is 2.28. The summed E-state index contributed by atoms with van der Waals surface area (Å²) in [5, 5.41) is 7.78. The molecule has 1 N–H and O–H groups in total. The van der Waals surface area contributed by atoms with Gasteiger partial charge in [-0.25, -0.2) is 4.98 Å². The van der Waals surface area contributed by atoms with Crippen LogP contribution in [0.1, 0.15) is 31.9 Å². The number of halogens is 1.